The first-order valence-corrected chi connectivity index (χ1v) is 9.47. The van der Waals surface area contributed by atoms with Crippen molar-refractivity contribution in [2.45, 2.75) is 6.54 Å². The Morgan fingerprint density at radius 2 is 1.96 bits per heavy atom. The van der Waals surface area contributed by atoms with Crippen molar-refractivity contribution in [3.8, 4) is 17.0 Å². The third-order valence-electron chi connectivity index (χ3n) is 4.33. The van der Waals surface area contributed by atoms with E-state index in [1.165, 1.54) is 0 Å². The number of hydrogen-bond acceptors (Lipinski definition) is 4. The topological polar surface area (TPSA) is 51.2 Å². The second-order valence-corrected chi connectivity index (χ2v) is 7.10. The molecule has 0 fully saturated rings. The Morgan fingerprint density at radius 3 is 2.78 bits per heavy atom. The van der Waals surface area contributed by atoms with Crippen LogP contribution < -0.4 is 10.1 Å². The summed E-state index contributed by atoms with van der Waals surface area (Å²) in [5.74, 6) is 0.650. The minimum Gasteiger partial charge on any atom is -0.497 e. The van der Waals surface area contributed by atoms with Crippen molar-refractivity contribution in [3.63, 3.8) is 0 Å². The minimum atomic E-state index is -0.105. The van der Waals surface area contributed by atoms with Crippen molar-refractivity contribution >= 4 is 28.1 Å². The molecule has 0 aliphatic carbocycles. The highest BCUT2D eigenvalue weighted by Crippen LogP contribution is 2.27. The molecule has 4 rings (SSSR count). The van der Waals surface area contributed by atoms with E-state index in [1.807, 2.05) is 72.1 Å². The van der Waals surface area contributed by atoms with E-state index < -0.39 is 0 Å². The number of benzene rings is 2. The first-order chi connectivity index (χ1) is 13.2. The fourth-order valence-corrected chi connectivity index (χ4v) is 3.61. The Bertz CT molecular complexity index is 1090. The number of rotatable bonds is 5. The van der Waals surface area contributed by atoms with Gasteiger partial charge < -0.3 is 10.1 Å². The SMILES string of the molecule is COc1cccc(-c2cc(C(=O)NCc3cccs3)c3ccccc3n2)c1. The summed E-state index contributed by atoms with van der Waals surface area (Å²) >= 11 is 1.63. The van der Waals surface area contributed by atoms with E-state index >= 15 is 0 Å². The molecule has 0 aliphatic heterocycles. The quantitative estimate of drug-likeness (QED) is 0.540. The molecule has 4 nitrogen and oxygen atoms in total. The molecule has 2 heterocycles. The summed E-state index contributed by atoms with van der Waals surface area (Å²) in [6.45, 7) is 0.516. The molecule has 0 atom stereocenters. The number of thiophene rings is 1. The number of amides is 1. The van der Waals surface area contributed by atoms with E-state index in [0.29, 0.717) is 12.1 Å². The van der Waals surface area contributed by atoms with Gasteiger partial charge in [0.05, 0.1) is 30.4 Å². The first-order valence-electron chi connectivity index (χ1n) is 8.59. The molecule has 0 saturated carbocycles. The standard InChI is InChI=1S/C22H18N2O2S/c1-26-16-7-4-6-15(12-16)21-13-19(18-9-2-3-10-20(18)24-21)22(25)23-14-17-8-5-11-27-17/h2-13H,14H2,1H3,(H,23,25). The molecule has 27 heavy (non-hydrogen) atoms. The number of nitrogens with zero attached hydrogens (tertiary/aromatic N) is 1. The molecule has 5 heteroatoms. The van der Waals surface area contributed by atoms with Gasteiger partial charge in [0.15, 0.2) is 0 Å². The van der Waals surface area contributed by atoms with Crippen LogP contribution in [0.5, 0.6) is 5.75 Å². The number of carbonyl (C=O) groups is 1. The number of para-hydroxylation sites is 1. The Kier molecular flexibility index (Phi) is 4.85. The molecular formula is C22H18N2O2S. The number of ether oxygens (including phenoxy) is 1. The number of pyridine rings is 1. The maximum Gasteiger partial charge on any atom is 0.252 e. The van der Waals surface area contributed by atoms with Crippen LogP contribution >= 0.6 is 11.3 Å². The summed E-state index contributed by atoms with van der Waals surface area (Å²) in [7, 11) is 1.64. The second-order valence-electron chi connectivity index (χ2n) is 6.07. The summed E-state index contributed by atoms with van der Waals surface area (Å²) in [5.41, 5.74) is 3.07. The van der Waals surface area contributed by atoms with Crippen LogP contribution in [0.3, 0.4) is 0 Å². The summed E-state index contributed by atoms with van der Waals surface area (Å²) in [4.78, 5) is 18.8. The van der Waals surface area contributed by atoms with Gasteiger partial charge in [-0.25, -0.2) is 4.98 Å². The Balaban J connectivity index is 1.75. The van der Waals surface area contributed by atoms with Crippen LogP contribution in [-0.4, -0.2) is 18.0 Å². The highest BCUT2D eigenvalue weighted by molar-refractivity contribution is 7.09. The van der Waals surface area contributed by atoms with Crippen molar-refractivity contribution in [2.24, 2.45) is 0 Å². The van der Waals surface area contributed by atoms with Crippen LogP contribution in [0.1, 0.15) is 15.2 Å². The molecule has 2 aromatic heterocycles. The van der Waals surface area contributed by atoms with Crippen LogP contribution in [-0.2, 0) is 6.54 Å². The smallest absolute Gasteiger partial charge is 0.252 e. The van der Waals surface area contributed by atoms with Crippen LogP contribution in [0.25, 0.3) is 22.2 Å². The number of hydrogen-bond donors (Lipinski definition) is 1. The molecule has 0 bridgehead atoms. The molecule has 2 aromatic carbocycles. The van der Waals surface area contributed by atoms with E-state index in [4.69, 9.17) is 9.72 Å². The summed E-state index contributed by atoms with van der Waals surface area (Å²) < 4.78 is 5.32. The average Bonchev–Trinajstić information content (AvgIpc) is 3.25. The fourth-order valence-electron chi connectivity index (χ4n) is 2.97. The monoisotopic (exact) mass is 374 g/mol. The predicted octanol–water partition coefficient (Wildman–Crippen LogP) is 4.90. The summed E-state index contributed by atoms with van der Waals surface area (Å²) in [5, 5.41) is 5.86. The van der Waals surface area contributed by atoms with Crippen molar-refractivity contribution in [3.05, 3.63) is 82.6 Å². The van der Waals surface area contributed by atoms with Crippen LogP contribution in [0, 0.1) is 0 Å². The largest absolute Gasteiger partial charge is 0.497 e. The maximum atomic E-state index is 12.9. The molecule has 1 amide bonds. The van der Waals surface area contributed by atoms with Crippen LogP contribution in [0.2, 0.25) is 0 Å². The number of carbonyl (C=O) groups excluding carboxylic acids is 1. The first kappa shape index (κ1) is 17.2. The lowest BCUT2D eigenvalue weighted by Crippen LogP contribution is -2.22. The van der Waals surface area contributed by atoms with E-state index in [-0.39, 0.29) is 5.91 Å². The lowest BCUT2D eigenvalue weighted by molar-refractivity contribution is 0.0953. The van der Waals surface area contributed by atoms with E-state index in [9.17, 15) is 4.79 Å². The van der Waals surface area contributed by atoms with E-state index in [2.05, 4.69) is 5.32 Å². The summed E-state index contributed by atoms with van der Waals surface area (Å²) in [6, 6.07) is 21.2. The number of fused-ring (bicyclic) bond motifs is 1. The second kappa shape index (κ2) is 7.60. The van der Waals surface area contributed by atoms with Gasteiger partial charge in [0, 0.05) is 15.8 Å². The lowest BCUT2D eigenvalue weighted by Gasteiger charge is -2.11. The van der Waals surface area contributed by atoms with E-state index in [1.54, 1.807) is 18.4 Å². The third kappa shape index (κ3) is 3.68. The van der Waals surface area contributed by atoms with Gasteiger partial charge in [0.25, 0.3) is 5.91 Å². The molecule has 0 aliphatic rings. The zero-order chi connectivity index (χ0) is 18.6. The number of nitrogens with one attached hydrogen (secondary N) is 1. The lowest BCUT2D eigenvalue weighted by atomic mass is 10.0. The molecular weight excluding hydrogens is 356 g/mol. The van der Waals surface area contributed by atoms with Crippen molar-refractivity contribution in [1.29, 1.82) is 0 Å². The molecule has 0 radical (unpaired) electrons. The summed E-state index contributed by atoms with van der Waals surface area (Å²) in [6.07, 6.45) is 0. The van der Waals surface area contributed by atoms with Gasteiger partial charge in [0.2, 0.25) is 0 Å². The average molecular weight is 374 g/mol. The van der Waals surface area contributed by atoms with E-state index in [0.717, 1.165) is 32.8 Å². The zero-order valence-corrected chi connectivity index (χ0v) is 15.6. The van der Waals surface area contributed by atoms with Crippen molar-refractivity contribution < 1.29 is 9.53 Å². The highest BCUT2D eigenvalue weighted by atomic mass is 32.1. The van der Waals surface area contributed by atoms with Gasteiger partial charge in [-0.2, -0.15) is 0 Å². The van der Waals surface area contributed by atoms with Gasteiger partial charge in [0.1, 0.15) is 5.75 Å². The van der Waals surface area contributed by atoms with Gasteiger partial charge in [-0.05, 0) is 35.7 Å². The van der Waals surface area contributed by atoms with Crippen LogP contribution in [0.15, 0.2) is 72.1 Å². The Morgan fingerprint density at radius 1 is 1.07 bits per heavy atom. The van der Waals surface area contributed by atoms with Gasteiger partial charge in [-0.1, -0.05) is 36.4 Å². The molecule has 134 valence electrons. The minimum absolute atomic E-state index is 0.105. The molecule has 0 spiro atoms. The predicted molar refractivity (Wildman–Crippen MR) is 109 cm³/mol. The zero-order valence-electron chi connectivity index (χ0n) is 14.8. The van der Waals surface area contributed by atoms with Gasteiger partial charge in [-0.15, -0.1) is 11.3 Å². The third-order valence-corrected chi connectivity index (χ3v) is 5.21. The molecule has 0 unspecified atom stereocenters. The highest BCUT2D eigenvalue weighted by Gasteiger charge is 2.14. The molecule has 1 N–H and O–H groups in total. The Hall–Kier alpha value is -3.18. The molecule has 0 saturated heterocycles. The van der Waals surface area contributed by atoms with Gasteiger partial charge in [-0.3, -0.25) is 4.79 Å². The normalized spacial score (nSPS) is 10.7. The van der Waals surface area contributed by atoms with Crippen LogP contribution in [0.4, 0.5) is 0 Å². The number of aromatic nitrogens is 1. The fraction of sp³-hybridized carbons (Fsp3) is 0.0909. The van der Waals surface area contributed by atoms with Gasteiger partial charge >= 0.3 is 0 Å². The van der Waals surface area contributed by atoms with Crippen molar-refractivity contribution in [2.75, 3.05) is 7.11 Å². The Labute approximate surface area is 161 Å². The molecule has 4 aromatic rings. The van der Waals surface area contributed by atoms with Crippen molar-refractivity contribution in [1.82, 2.24) is 10.3 Å². The number of methoxy groups -OCH3 is 1. The maximum absolute atomic E-state index is 12.9.